The zero-order chi connectivity index (χ0) is 19.1. The van der Waals surface area contributed by atoms with Crippen LogP contribution in [0, 0.1) is 13.8 Å². The average molecular weight is 379 g/mol. The van der Waals surface area contributed by atoms with Gasteiger partial charge >= 0.3 is 0 Å². The first kappa shape index (κ1) is 17.8. The van der Waals surface area contributed by atoms with Crippen LogP contribution in [0.15, 0.2) is 52.4 Å². The Morgan fingerprint density at radius 1 is 1.04 bits per heavy atom. The second-order valence-electron chi connectivity index (χ2n) is 6.95. The Morgan fingerprint density at radius 3 is 2.41 bits per heavy atom. The normalized spacial score (nSPS) is 17.1. The lowest BCUT2D eigenvalue weighted by Crippen LogP contribution is -2.27. The first-order chi connectivity index (χ1) is 13.0. The summed E-state index contributed by atoms with van der Waals surface area (Å²) in [5.74, 6) is 0.0930. The minimum Gasteiger partial charge on any atom is -0.345 e. The van der Waals surface area contributed by atoms with Gasteiger partial charge in [-0.2, -0.15) is 0 Å². The number of aryl methyl sites for hydroxylation is 2. The van der Waals surface area contributed by atoms with Gasteiger partial charge in [0.05, 0.1) is 21.8 Å². The van der Waals surface area contributed by atoms with Gasteiger partial charge in [0.1, 0.15) is 0 Å². The van der Waals surface area contributed by atoms with E-state index in [0.717, 1.165) is 29.8 Å². The number of carbonyl (C=O) groups is 1. The molecule has 1 aliphatic rings. The molecule has 0 bridgehead atoms. The number of hydrogen-bond donors (Lipinski definition) is 0. The van der Waals surface area contributed by atoms with Crippen molar-refractivity contribution in [3.8, 4) is 5.69 Å². The molecule has 1 aliphatic heterocycles. The van der Waals surface area contributed by atoms with Crippen molar-refractivity contribution in [3.05, 3.63) is 63.9 Å². The first-order valence-corrected chi connectivity index (χ1v) is 9.85. The number of nitrogens with zero attached hydrogens (tertiary/aromatic N) is 3. The largest absolute Gasteiger partial charge is 0.345 e. The third kappa shape index (κ3) is 3.04. The molecule has 1 amide bonds. The number of rotatable bonds is 3. The number of aromatic nitrogens is 2. The number of hydrogen-bond acceptors (Lipinski definition) is 4. The van der Waals surface area contributed by atoms with Crippen LogP contribution in [0.4, 0.5) is 0 Å². The Balaban J connectivity index is 1.97. The van der Waals surface area contributed by atoms with E-state index in [2.05, 4.69) is 0 Å². The number of para-hydroxylation sites is 2. The summed E-state index contributed by atoms with van der Waals surface area (Å²) >= 11 is 1.39. The Bertz CT molecular complexity index is 1090. The van der Waals surface area contributed by atoms with Gasteiger partial charge in [-0.3, -0.25) is 14.2 Å². The van der Waals surface area contributed by atoms with Gasteiger partial charge in [0.2, 0.25) is 5.91 Å². The van der Waals surface area contributed by atoms with E-state index in [1.54, 1.807) is 15.5 Å². The van der Waals surface area contributed by atoms with Gasteiger partial charge in [0.25, 0.3) is 5.56 Å². The van der Waals surface area contributed by atoms with E-state index in [1.807, 2.05) is 57.3 Å². The molecule has 1 aromatic heterocycles. The molecule has 1 fully saturated rings. The fraction of sp³-hybridized carbons (Fsp3) is 0.286. The predicted octanol–water partition coefficient (Wildman–Crippen LogP) is 3.33. The monoisotopic (exact) mass is 379 g/mol. The average Bonchev–Trinajstić information content (AvgIpc) is 2.96. The number of likely N-dealkylation sites (tertiary alicyclic amines) is 1. The molecule has 6 heteroatoms. The summed E-state index contributed by atoms with van der Waals surface area (Å²) in [6.07, 6.45) is 0.759. The van der Waals surface area contributed by atoms with E-state index in [-0.39, 0.29) is 16.7 Å². The second-order valence-corrected chi connectivity index (χ2v) is 8.12. The van der Waals surface area contributed by atoms with E-state index in [0.29, 0.717) is 16.1 Å². The van der Waals surface area contributed by atoms with Crippen molar-refractivity contribution < 1.29 is 4.79 Å². The number of benzene rings is 2. The molecule has 1 saturated heterocycles. The van der Waals surface area contributed by atoms with Crippen LogP contribution >= 0.6 is 11.8 Å². The maximum atomic E-state index is 13.4. The van der Waals surface area contributed by atoms with Crippen LogP contribution in [-0.2, 0) is 4.79 Å². The van der Waals surface area contributed by atoms with Gasteiger partial charge in [-0.1, -0.05) is 42.1 Å². The van der Waals surface area contributed by atoms with E-state index < -0.39 is 0 Å². The van der Waals surface area contributed by atoms with Crippen LogP contribution in [0.3, 0.4) is 0 Å². The minimum absolute atomic E-state index is 0.0930. The molecule has 0 radical (unpaired) electrons. The van der Waals surface area contributed by atoms with Gasteiger partial charge in [0, 0.05) is 13.6 Å². The smallest absolute Gasteiger partial charge is 0.266 e. The Kier molecular flexibility index (Phi) is 4.52. The van der Waals surface area contributed by atoms with E-state index >= 15 is 0 Å². The Hall–Kier alpha value is -2.60. The SMILES string of the molecule is Cc1cccc(C)c1-n1c(SC2CCN(C)C2=O)nc2ccccc2c1=O. The van der Waals surface area contributed by atoms with E-state index in [4.69, 9.17) is 4.98 Å². The highest BCUT2D eigenvalue weighted by atomic mass is 32.2. The van der Waals surface area contributed by atoms with Crippen LogP contribution in [0.5, 0.6) is 0 Å². The summed E-state index contributed by atoms with van der Waals surface area (Å²) in [5, 5.41) is 0.947. The lowest BCUT2D eigenvalue weighted by molar-refractivity contribution is -0.126. The molecule has 2 aromatic carbocycles. The van der Waals surface area contributed by atoms with Crippen LogP contribution in [0.1, 0.15) is 17.5 Å². The summed E-state index contributed by atoms with van der Waals surface area (Å²) < 4.78 is 1.68. The van der Waals surface area contributed by atoms with Crippen molar-refractivity contribution in [2.24, 2.45) is 0 Å². The summed E-state index contributed by atoms with van der Waals surface area (Å²) in [6, 6.07) is 13.3. The number of amides is 1. The van der Waals surface area contributed by atoms with Crippen molar-refractivity contribution in [3.63, 3.8) is 0 Å². The van der Waals surface area contributed by atoms with E-state index in [9.17, 15) is 9.59 Å². The van der Waals surface area contributed by atoms with Crippen molar-refractivity contribution in [1.29, 1.82) is 0 Å². The Labute approximate surface area is 162 Å². The quantitative estimate of drug-likeness (QED) is 0.655. The third-order valence-corrected chi connectivity index (χ3v) is 6.24. The highest BCUT2D eigenvalue weighted by Crippen LogP contribution is 2.32. The molecular formula is C21H21N3O2S. The maximum absolute atomic E-state index is 13.4. The van der Waals surface area contributed by atoms with Gasteiger partial charge in [0.15, 0.2) is 5.16 Å². The second kappa shape index (κ2) is 6.85. The van der Waals surface area contributed by atoms with Crippen LogP contribution < -0.4 is 5.56 Å². The van der Waals surface area contributed by atoms with Gasteiger partial charge < -0.3 is 4.90 Å². The van der Waals surface area contributed by atoms with Crippen molar-refractivity contribution in [2.75, 3.05) is 13.6 Å². The van der Waals surface area contributed by atoms with Gasteiger partial charge in [-0.25, -0.2) is 4.98 Å². The molecule has 0 spiro atoms. The van der Waals surface area contributed by atoms with Crippen LogP contribution in [-0.4, -0.2) is 39.2 Å². The highest BCUT2D eigenvalue weighted by molar-refractivity contribution is 8.00. The molecular weight excluding hydrogens is 358 g/mol. The third-order valence-electron chi connectivity index (χ3n) is 5.03. The fourth-order valence-electron chi connectivity index (χ4n) is 3.57. The summed E-state index contributed by atoms with van der Waals surface area (Å²) in [4.78, 5) is 32.3. The van der Waals surface area contributed by atoms with Crippen molar-refractivity contribution in [1.82, 2.24) is 14.5 Å². The van der Waals surface area contributed by atoms with E-state index in [1.165, 1.54) is 11.8 Å². The summed E-state index contributed by atoms with van der Waals surface area (Å²) in [7, 11) is 1.81. The van der Waals surface area contributed by atoms with Gasteiger partial charge in [-0.05, 0) is 43.5 Å². The molecule has 2 heterocycles. The number of carbonyl (C=O) groups excluding carboxylic acids is 1. The Morgan fingerprint density at radius 2 is 1.74 bits per heavy atom. The maximum Gasteiger partial charge on any atom is 0.266 e. The van der Waals surface area contributed by atoms with Crippen molar-refractivity contribution >= 4 is 28.6 Å². The molecule has 1 atom stereocenters. The number of fused-ring (bicyclic) bond motifs is 1. The first-order valence-electron chi connectivity index (χ1n) is 8.97. The predicted molar refractivity (Wildman–Crippen MR) is 109 cm³/mol. The molecule has 0 saturated carbocycles. The molecule has 1 unspecified atom stereocenters. The molecule has 138 valence electrons. The fourth-order valence-corrected chi connectivity index (χ4v) is 4.76. The molecule has 0 N–H and O–H groups in total. The molecule has 0 aliphatic carbocycles. The topological polar surface area (TPSA) is 55.2 Å². The highest BCUT2D eigenvalue weighted by Gasteiger charge is 2.32. The standard InChI is InChI=1S/C21H21N3O2S/c1-13-7-6-8-14(2)18(13)24-19(25)15-9-4-5-10-16(15)22-21(24)27-17-11-12-23(3)20(17)26/h4-10,17H,11-12H2,1-3H3. The number of thioether (sulfide) groups is 1. The molecule has 27 heavy (non-hydrogen) atoms. The lowest BCUT2D eigenvalue weighted by Gasteiger charge is -2.18. The minimum atomic E-state index is -0.210. The zero-order valence-electron chi connectivity index (χ0n) is 15.6. The van der Waals surface area contributed by atoms with Crippen LogP contribution in [0.25, 0.3) is 16.6 Å². The lowest BCUT2D eigenvalue weighted by atomic mass is 10.1. The van der Waals surface area contributed by atoms with Crippen LogP contribution in [0.2, 0.25) is 0 Å². The zero-order valence-corrected chi connectivity index (χ0v) is 16.4. The molecule has 5 nitrogen and oxygen atoms in total. The molecule has 4 rings (SSSR count). The van der Waals surface area contributed by atoms with Gasteiger partial charge in [-0.15, -0.1) is 0 Å². The van der Waals surface area contributed by atoms with Crippen molar-refractivity contribution in [2.45, 2.75) is 30.7 Å². The molecule has 3 aromatic rings. The summed E-state index contributed by atoms with van der Waals surface area (Å²) in [5.41, 5.74) is 3.42. The summed E-state index contributed by atoms with van der Waals surface area (Å²) in [6.45, 7) is 4.72.